The zero-order valence-corrected chi connectivity index (χ0v) is 17.5. The first-order valence-electron chi connectivity index (χ1n) is 10.5. The third-order valence-electron chi connectivity index (χ3n) is 5.57. The van der Waals surface area contributed by atoms with Gasteiger partial charge in [0.1, 0.15) is 11.6 Å². The Morgan fingerprint density at radius 3 is 2.61 bits per heavy atom. The summed E-state index contributed by atoms with van der Waals surface area (Å²) in [5.41, 5.74) is 2.80. The van der Waals surface area contributed by atoms with E-state index in [1.54, 1.807) is 17.0 Å². The number of urea groups is 1. The quantitative estimate of drug-likeness (QED) is 0.471. The Morgan fingerprint density at radius 1 is 1.13 bits per heavy atom. The molecule has 1 aliphatic rings. The van der Waals surface area contributed by atoms with E-state index in [9.17, 15) is 14.0 Å². The van der Waals surface area contributed by atoms with Crippen LogP contribution in [0.15, 0.2) is 42.5 Å². The van der Waals surface area contributed by atoms with Gasteiger partial charge in [0.05, 0.1) is 16.7 Å². The predicted molar refractivity (Wildman–Crippen MR) is 118 cm³/mol. The highest BCUT2D eigenvalue weighted by molar-refractivity contribution is 5.94. The molecule has 2 heterocycles. The minimum atomic E-state index is -0.406. The van der Waals surface area contributed by atoms with E-state index in [0.717, 1.165) is 29.7 Å². The van der Waals surface area contributed by atoms with E-state index >= 15 is 0 Å². The van der Waals surface area contributed by atoms with Crippen LogP contribution in [0.4, 0.5) is 14.9 Å². The molecule has 8 heteroatoms. The summed E-state index contributed by atoms with van der Waals surface area (Å²) in [7, 11) is 0. The SMILES string of the molecule is CC(=O)c1ccc(N2CCN(C(=O)NCCCc3nc4ccccc4[nH]3)CC2)c(F)c1. The van der Waals surface area contributed by atoms with E-state index in [1.165, 1.54) is 13.0 Å². The van der Waals surface area contributed by atoms with E-state index in [2.05, 4.69) is 15.3 Å². The van der Waals surface area contributed by atoms with Crippen LogP contribution in [-0.4, -0.2) is 59.4 Å². The minimum Gasteiger partial charge on any atom is -0.366 e. The van der Waals surface area contributed by atoms with Crippen LogP contribution >= 0.6 is 0 Å². The number of hydrogen-bond acceptors (Lipinski definition) is 4. The van der Waals surface area contributed by atoms with E-state index in [-0.39, 0.29) is 11.8 Å². The Balaban J connectivity index is 1.21. The van der Waals surface area contributed by atoms with Crippen molar-refractivity contribution in [2.24, 2.45) is 0 Å². The van der Waals surface area contributed by atoms with E-state index in [1.807, 2.05) is 29.2 Å². The summed E-state index contributed by atoms with van der Waals surface area (Å²) in [5.74, 6) is 0.352. The molecule has 0 saturated carbocycles. The Morgan fingerprint density at radius 2 is 1.90 bits per heavy atom. The maximum atomic E-state index is 14.4. The maximum Gasteiger partial charge on any atom is 0.317 e. The summed E-state index contributed by atoms with van der Waals surface area (Å²) in [5, 5.41) is 2.96. The number of hydrogen-bond donors (Lipinski definition) is 2. The average Bonchev–Trinajstić information content (AvgIpc) is 3.19. The van der Waals surface area contributed by atoms with Gasteiger partial charge in [-0.15, -0.1) is 0 Å². The lowest BCUT2D eigenvalue weighted by Gasteiger charge is -2.36. The number of amides is 2. The summed E-state index contributed by atoms with van der Waals surface area (Å²) < 4.78 is 14.4. The van der Waals surface area contributed by atoms with E-state index in [0.29, 0.717) is 44.0 Å². The number of aryl methyl sites for hydroxylation is 1. The normalized spacial score (nSPS) is 14.1. The minimum absolute atomic E-state index is 0.100. The number of H-pyrrole nitrogens is 1. The fourth-order valence-corrected chi connectivity index (χ4v) is 3.82. The number of ketones is 1. The van der Waals surface area contributed by atoms with Gasteiger partial charge in [0.15, 0.2) is 5.78 Å². The number of Topliss-reactive ketones (excluding diaryl/α,β-unsaturated/α-hetero) is 1. The van der Waals surface area contributed by atoms with Gasteiger partial charge in [0.2, 0.25) is 0 Å². The van der Waals surface area contributed by atoms with Crippen molar-refractivity contribution < 1.29 is 14.0 Å². The number of benzene rings is 2. The molecule has 162 valence electrons. The first kappa shape index (κ1) is 20.8. The van der Waals surface area contributed by atoms with Crippen molar-refractivity contribution in [2.45, 2.75) is 19.8 Å². The number of fused-ring (bicyclic) bond motifs is 1. The number of piperazine rings is 1. The Bertz CT molecular complexity index is 1060. The Hall–Kier alpha value is -3.42. The number of aromatic nitrogens is 2. The topological polar surface area (TPSA) is 81.3 Å². The third-order valence-corrected chi connectivity index (χ3v) is 5.57. The first-order valence-corrected chi connectivity index (χ1v) is 10.5. The molecule has 31 heavy (non-hydrogen) atoms. The van der Waals surface area contributed by atoms with Crippen LogP contribution in [0.3, 0.4) is 0 Å². The molecule has 2 N–H and O–H groups in total. The van der Waals surface area contributed by atoms with Crippen LogP contribution in [0.1, 0.15) is 29.5 Å². The number of halogens is 1. The number of rotatable bonds is 6. The van der Waals surface area contributed by atoms with Crippen molar-refractivity contribution in [3.05, 3.63) is 59.7 Å². The molecular formula is C23H26FN5O2. The molecule has 0 radical (unpaired) electrons. The standard InChI is InChI=1S/C23H26FN5O2/c1-16(30)17-8-9-21(18(24)15-17)28-11-13-29(14-12-28)23(31)25-10-4-7-22-26-19-5-2-3-6-20(19)27-22/h2-3,5-6,8-9,15H,4,7,10-14H2,1H3,(H,25,31)(H,26,27). The number of imidazole rings is 1. The van der Waals surface area contributed by atoms with Crippen LogP contribution < -0.4 is 10.2 Å². The largest absolute Gasteiger partial charge is 0.366 e. The summed E-state index contributed by atoms with van der Waals surface area (Å²) in [6, 6.07) is 12.4. The molecule has 0 spiro atoms. The molecule has 0 atom stereocenters. The second kappa shape index (κ2) is 9.16. The number of nitrogens with zero attached hydrogens (tertiary/aromatic N) is 3. The van der Waals surface area contributed by atoms with Crippen molar-refractivity contribution in [3.8, 4) is 0 Å². The lowest BCUT2D eigenvalue weighted by atomic mass is 10.1. The van der Waals surface area contributed by atoms with Gasteiger partial charge in [-0.3, -0.25) is 4.79 Å². The summed E-state index contributed by atoms with van der Waals surface area (Å²) >= 11 is 0. The van der Waals surface area contributed by atoms with Crippen LogP contribution in [0.2, 0.25) is 0 Å². The molecule has 2 aromatic carbocycles. The highest BCUT2D eigenvalue weighted by Gasteiger charge is 2.23. The molecule has 4 rings (SSSR count). The van der Waals surface area contributed by atoms with Crippen molar-refractivity contribution >= 4 is 28.5 Å². The van der Waals surface area contributed by atoms with Crippen molar-refractivity contribution in [2.75, 3.05) is 37.6 Å². The molecule has 1 aliphatic heterocycles. The van der Waals surface area contributed by atoms with Gasteiger partial charge in [-0.05, 0) is 43.7 Å². The molecule has 1 saturated heterocycles. The average molecular weight is 423 g/mol. The van der Waals surface area contributed by atoms with Gasteiger partial charge >= 0.3 is 6.03 Å². The third kappa shape index (κ3) is 4.84. The molecule has 1 aromatic heterocycles. The van der Waals surface area contributed by atoms with Gasteiger partial charge in [0.25, 0.3) is 0 Å². The molecular weight excluding hydrogens is 397 g/mol. The van der Waals surface area contributed by atoms with E-state index < -0.39 is 5.82 Å². The lowest BCUT2D eigenvalue weighted by molar-refractivity contribution is 0.101. The van der Waals surface area contributed by atoms with Crippen LogP contribution in [0.5, 0.6) is 0 Å². The number of carbonyl (C=O) groups excluding carboxylic acids is 2. The molecule has 7 nitrogen and oxygen atoms in total. The van der Waals surface area contributed by atoms with Crippen molar-refractivity contribution in [1.29, 1.82) is 0 Å². The van der Waals surface area contributed by atoms with Crippen molar-refractivity contribution in [1.82, 2.24) is 20.2 Å². The Labute approximate surface area is 180 Å². The van der Waals surface area contributed by atoms with Gasteiger partial charge in [-0.25, -0.2) is 14.2 Å². The van der Waals surface area contributed by atoms with Crippen molar-refractivity contribution in [3.63, 3.8) is 0 Å². The molecule has 0 aliphatic carbocycles. The highest BCUT2D eigenvalue weighted by Crippen LogP contribution is 2.22. The molecule has 0 bridgehead atoms. The van der Waals surface area contributed by atoms with Crippen LogP contribution in [-0.2, 0) is 6.42 Å². The maximum absolute atomic E-state index is 14.4. The van der Waals surface area contributed by atoms with Crippen LogP contribution in [0.25, 0.3) is 11.0 Å². The summed E-state index contributed by atoms with van der Waals surface area (Å²) in [6.07, 6.45) is 1.55. The fourth-order valence-electron chi connectivity index (χ4n) is 3.82. The number of anilines is 1. The summed E-state index contributed by atoms with van der Waals surface area (Å²) in [6.45, 7) is 4.11. The van der Waals surface area contributed by atoms with Gasteiger partial charge in [-0.1, -0.05) is 12.1 Å². The molecule has 2 amide bonds. The fraction of sp³-hybridized carbons (Fsp3) is 0.348. The van der Waals surface area contributed by atoms with Gasteiger partial charge in [0, 0.05) is 44.7 Å². The monoisotopic (exact) mass is 423 g/mol. The number of aromatic amines is 1. The van der Waals surface area contributed by atoms with Crippen LogP contribution in [0, 0.1) is 5.82 Å². The second-order valence-electron chi connectivity index (χ2n) is 7.73. The summed E-state index contributed by atoms with van der Waals surface area (Å²) in [4.78, 5) is 35.3. The number of para-hydroxylation sites is 2. The number of carbonyl (C=O) groups is 2. The van der Waals surface area contributed by atoms with Gasteiger partial charge < -0.3 is 20.1 Å². The molecule has 1 fully saturated rings. The zero-order chi connectivity index (χ0) is 21.8. The first-order chi connectivity index (χ1) is 15.0. The molecule has 0 unspecified atom stereocenters. The molecule has 3 aromatic rings. The smallest absolute Gasteiger partial charge is 0.317 e. The Kier molecular flexibility index (Phi) is 6.16. The highest BCUT2D eigenvalue weighted by atomic mass is 19.1. The number of nitrogens with one attached hydrogen (secondary N) is 2. The van der Waals surface area contributed by atoms with Gasteiger partial charge in [-0.2, -0.15) is 0 Å². The predicted octanol–water partition coefficient (Wildman–Crippen LogP) is 3.37. The van der Waals surface area contributed by atoms with E-state index in [4.69, 9.17) is 0 Å². The zero-order valence-electron chi connectivity index (χ0n) is 17.5. The lowest BCUT2D eigenvalue weighted by Crippen LogP contribution is -2.52. The second-order valence-corrected chi connectivity index (χ2v) is 7.73.